The van der Waals surface area contributed by atoms with Crippen LogP contribution in [0.5, 0.6) is 0 Å². The van der Waals surface area contributed by atoms with Crippen molar-refractivity contribution in [1.82, 2.24) is 0 Å². The summed E-state index contributed by atoms with van der Waals surface area (Å²) in [5, 5.41) is 2.79. The first-order valence-corrected chi connectivity index (χ1v) is 11.7. The van der Waals surface area contributed by atoms with Crippen molar-refractivity contribution in [2.75, 3.05) is 0 Å². The minimum absolute atomic E-state index is 0.293. The van der Waals surface area contributed by atoms with Gasteiger partial charge in [0.2, 0.25) is 0 Å². The molecule has 0 saturated carbocycles. The minimum Gasteiger partial charge on any atom is -0.279 e. The minimum atomic E-state index is -5.84. The SMILES string of the molecule is CC(C)(C)c1ccccc1.O=S(=O)(O)C(F)(F)F.c1ccc(Pc2ccccc2)cc1. The Balaban J connectivity index is 0.000000242. The van der Waals surface area contributed by atoms with Gasteiger partial charge in [0, 0.05) is 0 Å². The van der Waals surface area contributed by atoms with Gasteiger partial charge >= 0.3 is 15.6 Å². The molecule has 0 atom stereocenters. The summed E-state index contributed by atoms with van der Waals surface area (Å²) in [4.78, 5) is 0. The number of hydrogen-bond acceptors (Lipinski definition) is 2. The molecule has 0 heterocycles. The highest BCUT2D eigenvalue weighted by molar-refractivity contribution is 7.86. The monoisotopic (exact) mass is 470 g/mol. The van der Waals surface area contributed by atoms with Gasteiger partial charge in [-0.3, -0.25) is 4.55 Å². The van der Waals surface area contributed by atoms with Crippen molar-refractivity contribution in [3.05, 3.63) is 96.6 Å². The highest BCUT2D eigenvalue weighted by Gasteiger charge is 2.44. The van der Waals surface area contributed by atoms with Crippen LogP contribution in [0.15, 0.2) is 91.0 Å². The lowest BCUT2D eigenvalue weighted by Gasteiger charge is -2.18. The topological polar surface area (TPSA) is 54.4 Å². The van der Waals surface area contributed by atoms with E-state index < -0.39 is 15.6 Å². The van der Waals surface area contributed by atoms with Crippen molar-refractivity contribution >= 4 is 29.3 Å². The molecule has 3 nitrogen and oxygen atoms in total. The maximum Gasteiger partial charge on any atom is 0.522 e. The zero-order valence-electron chi connectivity index (χ0n) is 17.5. The van der Waals surface area contributed by atoms with E-state index in [1.165, 1.54) is 16.2 Å². The molecule has 0 spiro atoms. The number of rotatable bonds is 2. The molecule has 0 saturated heterocycles. The van der Waals surface area contributed by atoms with E-state index in [-0.39, 0.29) is 0 Å². The molecular formula is C23H26F3O3PS. The lowest BCUT2D eigenvalue weighted by molar-refractivity contribution is -0.0510. The molecule has 0 aliphatic rings. The molecule has 168 valence electrons. The molecule has 1 N–H and O–H groups in total. The first-order chi connectivity index (χ1) is 14.3. The fourth-order valence-corrected chi connectivity index (χ4v) is 3.20. The van der Waals surface area contributed by atoms with Crippen LogP contribution in [-0.4, -0.2) is 18.5 Å². The molecule has 3 aromatic carbocycles. The summed E-state index contributed by atoms with van der Waals surface area (Å²) in [6.07, 6.45) is 0. The van der Waals surface area contributed by atoms with Crippen molar-refractivity contribution in [1.29, 1.82) is 0 Å². The molecule has 3 rings (SSSR count). The molecule has 3 aromatic rings. The van der Waals surface area contributed by atoms with E-state index in [0.717, 1.165) is 8.58 Å². The first kappa shape index (κ1) is 26.8. The third kappa shape index (κ3) is 11.1. The van der Waals surface area contributed by atoms with E-state index in [0.29, 0.717) is 5.41 Å². The van der Waals surface area contributed by atoms with Crippen LogP contribution in [0.1, 0.15) is 26.3 Å². The summed E-state index contributed by atoms with van der Waals surface area (Å²) >= 11 is 0. The van der Waals surface area contributed by atoms with Crippen LogP contribution in [0.3, 0.4) is 0 Å². The highest BCUT2D eigenvalue weighted by atomic mass is 32.2. The molecule has 0 fully saturated rings. The van der Waals surface area contributed by atoms with E-state index in [9.17, 15) is 13.2 Å². The Morgan fingerprint density at radius 2 is 0.968 bits per heavy atom. The normalized spacial score (nSPS) is 11.5. The molecule has 0 aromatic heterocycles. The van der Waals surface area contributed by atoms with Crippen molar-refractivity contribution in [2.45, 2.75) is 31.7 Å². The van der Waals surface area contributed by atoms with Crippen LogP contribution < -0.4 is 10.6 Å². The Kier molecular flexibility index (Phi) is 10.4. The van der Waals surface area contributed by atoms with Gasteiger partial charge in [-0.15, -0.1) is 0 Å². The molecule has 31 heavy (non-hydrogen) atoms. The predicted molar refractivity (Wildman–Crippen MR) is 123 cm³/mol. The van der Waals surface area contributed by atoms with Gasteiger partial charge in [-0.25, -0.2) is 0 Å². The molecular weight excluding hydrogens is 444 g/mol. The zero-order valence-corrected chi connectivity index (χ0v) is 19.3. The van der Waals surface area contributed by atoms with Crippen LogP contribution in [0.2, 0.25) is 0 Å². The van der Waals surface area contributed by atoms with Gasteiger partial charge in [0.05, 0.1) is 0 Å². The van der Waals surface area contributed by atoms with Crippen molar-refractivity contribution in [3.63, 3.8) is 0 Å². The number of hydrogen-bond donors (Lipinski definition) is 1. The average molecular weight is 470 g/mol. The van der Waals surface area contributed by atoms with Crippen LogP contribution in [0.25, 0.3) is 0 Å². The van der Waals surface area contributed by atoms with Crippen LogP contribution in [0.4, 0.5) is 13.2 Å². The van der Waals surface area contributed by atoms with Gasteiger partial charge in [-0.1, -0.05) is 120 Å². The molecule has 0 amide bonds. The van der Waals surface area contributed by atoms with Gasteiger partial charge in [-0.2, -0.15) is 21.6 Å². The molecule has 0 bridgehead atoms. The van der Waals surface area contributed by atoms with Gasteiger partial charge in [0.1, 0.15) is 0 Å². The molecule has 0 aliphatic heterocycles. The van der Waals surface area contributed by atoms with Crippen molar-refractivity contribution in [3.8, 4) is 0 Å². The van der Waals surface area contributed by atoms with E-state index in [4.69, 9.17) is 13.0 Å². The van der Waals surface area contributed by atoms with Gasteiger partial charge in [0.15, 0.2) is 0 Å². The fraction of sp³-hybridized carbons (Fsp3) is 0.217. The summed E-state index contributed by atoms with van der Waals surface area (Å²) in [6.45, 7) is 6.67. The van der Waals surface area contributed by atoms with E-state index in [2.05, 4.69) is 112 Å². The summed E-state index contributed by atoms with van der Waals surface area (Å²) in [6, 6.07) is 31.7. The third-order valence-electron chi connectivity index (χ3n) is 3.77. The number of benzene rings is 3. The lowest BCUT2D eigenvalue weighted by atomic mass is 9.87. The Morgan fingerprint density at radius 1 is 0.677 bits per heavy atom. The Labute approximate surface area is 183 Å². The Bertz CT molecular complexity index is 949. The quantitative estimate of drug-likeness (QED) is 0.297. The Morgan fingerprint density at radius 3 is 1.19 bits per heavy atom. The maximum atomic E-state index is 10.7. The Hall–Kier alpha value is -2.21. The predicted octanol–water partition coefficient (Wildman–Crippen LogP) is 5.69. The summed E-state index contributed by atoms with van der Waals surface area (Å²) < 4.78 is 57.5. The summed E-state index contributed by atoms with van der Waals surface area (Å²) in [5.74, 6) is 0. The van der Waals surface area contributed by atoms with Crippen LogP contribution in [-0.2, 0) is 15.5 Å². The summed E-state index contributed by atoms with van der Waals surface area (Å²) in [7, 11) is -5.06. The first-order valence-electron chi connectivity index (χ1n) is 9.27. The van der Waals surface area contributed by atoms with Gasteiger partial charge in [0.25, 0.3) is 0 Å². The molecule has 8 heteroatoms. The molecule has 0 radical (unpaired) electrons. The second kappa shape index (κ2) is 12.0. The van der Waals surface area contributed by atoms with Crippen molar-refractivity contribution < 1.29 is 26.1 Å². The lowest BCUT2D eigenvalue weighted by Crippen LogP contribution is -2.21. The van der Waals surface area contributed by atoms with E-state index in [1.54, 1.807) is 0 Å². The smallest absolute Gasteiger partial charge is 0.279 e. The maximum absolute atomic E-state index is 10.7. The fourth-order valence-electron chi connectivity index (χ4n) is 2.15. The van der Waals surface area contributed by atoms with Crippen LogP contribution >= 0.6 is 8.58 Å². The van der Waals surface area contributed by atoms with E-state index >= 15 is 0 Å². The molecule has 0 aliphatic carbocycles. The third-order valence-corrected chi connectivity index (χ3v) is 5.60. The molecule has 0 unspecified atom stereocenters. The average Bonchev–Trinajstić information content (AvgIpc) is 2.69. The van der Waals surface area contributed by atoms with Crippen LogP contribution in [0, 0.1) is 0 Å². The second-order valence-corrected chi connectivity index (χ2v) is 10.2. The van der Waals surface area contributed by atoms with Crippen molar-refractivity contribution in [2.24, 2.45) is 0 Å². The van der Waals surface area contributed by atoms with Gasteiger partial charge in [-0.05, 0) is 21.6 Å². The second-order valence-electron chi connectivity index (χ2n) is 7.39. The van der Waals surface area contributed by atoms with E-state index in [1.807, 2.05) is 0 Å². The standard InChI is InChI=1S/C12H11P.C10H14.CHF3O3S/c1-3-7-11(8-4-1)13-12-9-5-2-6-10-12;1-10(2,3)9-7-5-4-6-8-9;2-1(3,4)8(5,6)7/h1-10,13H;4-8H,1-3H3;(H,5,6,7). The zero-order chi connectivity index (χ0) is 23.5. The summed E-state index contributed by atoms with van der Waals surface area (Å²) in [5.41, 5.74) is -3.84. The number of alkyl halides is 3. The largest absolute Gasteiger partial charge is 0.522 e. The highest BCUT2D eigenvalue weighted by Crippen LogP contribution is 2.21. The van der Waals surface area contributed by atoms with Gasteiger partial charge < -0.3 is 0 Å². The number of halogens is 3.